The Balaban J connectivity index is 1.45. The molecule has 3 rings (SSSR count). The average Bonchev–Trinajstić information content (AvgIpc) is 2.69. The van der Waals surface area contributed by atoms with E-state index < -0.39 is 0 Å². The third-order valence-corrected chi connectivity index (χ3v) is 5.80. The second-order valence-electron chi connectivity index (χ2n) is 7.43. The molecule has 0 atom stereocenters. The van der Waals surface area contributed by atoms with Crippen molar-refractivity contribution in [2.24, 2.45) is 11.8 Å². The summed E-state index contributed by atoms with van der Waals surface area (Å²) in [4.78, 5) is 0. The van der Waals surface area contributed by atoms with Crippen molar-refractivity contribution in [3.63, 3.8) is 0 Å². The van der Waals surface area contributed by atoms with Crippen LogP contribution < -0.4 is 0 Å². The van der Waals surface area contributed by atoms with Crippen LogP contribution in [-0.4, -0.2) is 6.67 Å². The summed E-state index contributed by atoms with van der Waals surface area (Å²) in [5.41, 5.74) is 3.87. The lowest BCUT2D eigenvalue weighted by atomic mass is 9.79. The van der Waals surface area contributed by atoms with Gasteiger partial charge in [-0.2, -0.15) is 0 Å². The van der Waals surface area contributed by atoms with Crippen LogP contribution in [0.3, 0.4) is 0 Å². The van der Waals surface area contributed by atoms with Crippen LogP contribution >= 0.6 is 11.6 Å². The lowest BCUT2D eigenvalue weighted by Crippen LogP contribution is -2.13. The van der Waals surface area contributed by atoms with Gasteiger partial charge in [0.1, 0.15) is 0 Å². The maximum Gasteiger partial charge on any atom is 0.0928 e. The Morgan fingerprint density at radius 3 is 2.12 bits per heavy atom. The SMILES string of the molecule is FCCC=CC1CCC(CCc2ccc(-c3ccc(Cl)cc3)cc2)CC1. The van der Waals surface area contributed by atoms with E-state index in [1.54, 1.807) is 0 Å². The molecule has 26 heavy (non-hydrogen) atoms. The van der Waals surface area contributed by atoms with Crippen molar-refractivity contribution in [3.8, 4) is 11.1 Å². The minimum Gasteiger partial charge on any atom is -0.251 e. The fourth-order valence-electron chi connectivity index (χ4n) is 3.90. The van der Waals surface area contributed by atoms with Crippen LogP contribution in [0.1, 0.15) is 44.1 Å². The standard InChI is InChI=1S/C24H28ClF/c25-24-16-14-23(15-17-24)22-12-10-21(11-13-22)9-8-20-6-4-19(5-7-20)3-1-2-18-26/h1,3,10-17,19-20H,2,4-9,18H2. The van der Waals surface area contributed by atoms with Crippen molar-refractivity contribution in [2.75, 3.05) is 6.67 Å². The molecule has 1 saturated carbocycles. The quantitative estimate of drug-likeness (QED) is 0.439. The molecule has 1 fully saturated rings. The van der Waals surface area contributed by atoms with Gasteiger partial charge in [0.2, 0.25) is 0 Å². The van der Waals surface area contributed by atoms with Gasteiger partial charge in [0, 0.05) is 5.02 Å². The summed E-state index contributed by atoms with van der Waals surface area (Å²) in [5.74, 6) is 1.52. The van der Waals surface area contributed by atoms with Gasteiger partial charge < -0.3 is 0 Å². The second kappa shape index (κ2) is 9.92. The van der Waals surface area contributed by atoms with Gasteiger partial charge in [0.15, 0.2) is 0 Å². The number of hydrogen-bond donors (Lipinski definition) is 0. The van der Waals surface area contributed by atoms with Crippen molar-refractivity contribution in [3.05, 3.63) is 71.3 Å². The number of hydrogen-bond acceptors (Lipinski definition) is 0. The summed E-state index contributed by atoms with van der Waals surface area (Å²) >= 11 is 5.96. The maximum atomic E-state index is 12.2. The number of halogens is 2. The zero-order valence-electron chi connectivity index (χ0n) is 15.3. The van der Waals surface area contributed by atoms with Crippen LogP contribution in [0.2, 0.25) is 5.02 Å². The third-order valence-electron chi connectivity index (χ3n) is 5.55. The highest BCUT2D eigenvalue weighted by Gasteiger charge is 2.19. The van der Waals surface area contributed by atoms with Gasteiger partial charge in [-0.05, 0) is 85.6 Å². The molecule has 0 radical (unpaired) electrons. The number of allylic oxidation sites excluding steroid dienone is 2. The lowest BCUT2D eigenvalue weighted by molar-refractivity contribution is 0.296. The zero-order chi connectivity index (χ0) is 18.2. The van der Waals surface area contributed by atoms with Crippen LogP contribution in [0.5, 0.6) is 0 Å². The molecule has 0 unspecified atom stereocenters. The first-order valence-electron chi connectivity index (χ1n) is 9.82. The van der Waals surface area contributed by atoms with E-state index in [1.165, 1.54) is 48.8 Å². The van der Waals surface area contributed by atoms with E-state index in [9.17, 15) is 4.39 Å². The van der Waals surface area contributed by atoms with Crippen LogP contribution in [0.25, 0.3) is 11.1 Å². The molecule has 0 aliphatic heterocycles. The highest BCUT2D eigenvalue weighted by Crippen LogP contribution is 2.32. The summed E-state index contributed by atoms with van der Waals surface area (Å²) in [6.07, 6.45) is 12.4. The van der Waals surface area contributed by atoms with E-state index in [0.29, 0.717) is 12.3 Å². The van der Waals surface area contributed by atoms with E-state index in [-0.39, 0.29) is 6.67 Å². The molecule has 2 heteroatoms. The number of alkyl halides is 1. The van der Waals surface area contributed by atoms with Crippen LogP contribution in [0.4, 0.5) is 4.39 Å². The minimum atomic E-state index is -0.233. The summed E-state index contributed by atoms with van der Waals surface area (Å²) in [6.45, 7) is -0.233. The fraction of sp³-hybridized carbons (Fsp3) is 0.417. The highest BCUT2D eigenvalue weighted by molar-refractivity contribution is 6.30. The molecule has 0 heterocycles. The van der Waals surface area contributed by atoms with Crippen molar-refractivity contribution >= 4 is 11.6 Å². The maximum absolute atomic E-state index is 12.2. The Morgan fingerprint density at radius 1 is 0.885 bits per heavy atom. The van der Waals surface area contributed by atoms with E-state index in [4.69, 9.17) is 11.6 Å². The first kappa shape index (κ1) is 19.2. The molecule has 138 valence electrons. The molecule has 2 aromatic carbocycles. The number of aryl methyl sites for hydroxylation is 1. The molecule has 0 nitrogen and oxygen atoms in total. The minimum absolute atomic E-state index is 0.233. The monoisotopic (exact) mass is 370 g/mol. The van der Waals surface area contributed by atoms with Crippen LogP contribution in [-0.2, 0) is 6.42 Å². The highest BCUT2D eigenvalue weighted by atomic mass is 35.5. The molecule has 1 aliphatic carbocycles. The molecular weight excluding hydrogens is 343 g/mol. The molecule has 1 aliphatic rings. The van der Waals surface area contributed by atoms with Crippen LogP contribution in [0.15, 0.2) is 60.7 Å². The van der Waals surface area contributed by atoms with Crippen molar-refractivity contribution in [1.82, 2.24) is 0 Å². The van der Waals surface area contributed by atoms with E-state index in [1.807, 2.05) is 18.2 Å². The molecule has 0 saturated heterocycles. The van der Waals surface area contributed by atoms with Gasteiger partial charge in [-0.3, -0.25) is 4.39 Å². The Hall–Kier alpha value is -1.60. The second-order valence-corrected chi connectivity index (χ2v) is 7.87. The van der Waals surface area contributed by atoms with Gasteiger partial charge in [-0.15, -0.1) is 0 Å². The third kappa shape index (κ3) is 5.71. The smallest absolute Gasteiger partial charge is 0.0928 e. The Kier molecular flexibility index (Phi) is 7.32. The molecule has 0 N–H and O–H groups in total. The first-order chi connectivity index (χ1) is 12.7. The molecule has 2 aromatic rings. The van der Waals surface area contributed by atoms with Crippen molar-refractivity contribution < 1.29 is 4.39 Å². The van der Waals surface area contributed by atoms with Crippen molar-refractivity contribution in [2.45, 2.75) is 44.9 Å². The molecule has 0 spiro atoms. The topological polar surface area (TPSA) is 0 Å². The molecule has 0 amide bonds. The number of benzene rings is 2. The lowest BCUT2D eigenvalue weighted by Gasteiger charge is -2.26. The first-order valence-corrected chi connectivity index (χ1v) is 10.2. The van der Waals surface area contributed by atoms with E-state index in [2.05, 4.69) is 42.5 Å². The van der Waals surface area contributed by atoms with E-state index >= 15 is 0 Å². The molecule has 0 aromatic heterocycles. The Morgan fingerprint density at radius 2 is 1.50 bits per heavy atom. The molecular formula is C24H28ClF. The van der Waals surface area contributed by atoms with E-state index in [0.717, 1.165) is 17.4 Å². The van der Waals surface area contributed by atoms with Gasteiger partial charge in [0.25, 0.3) is 0 Å². The van der Waals surface area contributed by atoms with Crippen molar-refractivity contribution in [1.29, 1.82) is 0 Å². The molecule has 0 bridgehead atoms. The zero-order valence-corrected chi connectivity index (χ0v) is 16.1. The largest absolute Gasteiger partial charge is 0.251 e. The Bertz CT molecular complexity index is 679. The number of rotatable bonds is 7. The summed E-state index contributed by atoms with van der Waals surface area (Å²) in [7, 11) is 0. The van der Waals surface area contributed by atoms with Gasteiger partial charge in [-0.25, -0.2) is 0 Å². The fourth-order valence-corrected chi connectivity index (χ4v) is 4.02. The van der Waals surface area contributed by atoms with Crippen LogP contribution in [0, 0.1) is 11.8 Å². The van der Waals surface area contributed by atoms with Gasteiger partial charge in [0.05, 0.1) is 6.67 Å². The predicted molar refractivity (Wildman–Crippen MR) is 110 cm³/mol. The Labute approximate surface area is 162 Å². The van der Waals surface area contributed by atoms with Gasteiger partial charge >= 0.3 is 0 Å². The van der Waals surface area contributed by atoms with Gasteiger partial charge in [-0.1, -0.05) is 60.2 Å². The summed E-state index contributed by atoms with van der Waals surface area (Å²) in [5, 5.41) is 0.776. The normalized spacial score (nSPS) is 20.5. The average molecular weight is 371 g/mol. The summed E-state index contributed by atoms with van der Waals surface area (Å²) < 4.78 is 12.2. The predicted octanol–water partition coefficient (Wildman–Crippen LogP) is 7.66. The summed E-state index contributed by atoms with van der Waals surface area (Å²) in [6, 6.07) is 17.0.